The minimum Gasteiger partial charge on any atom is -0.378 e. The number of nitrogens with one attached hydrogen (secondary N) is 1. The first kappa shape index (κ1) is 11.5. The van der Waals surface area contributed by atoms with Crippen LogP contribution >= 0.6 is 0 Å². The zero-order chi connectivity index (χ0) is 11.5. The molecule has 2 aliphatic rings. The molecule has 2 amide bonds. The average molecular weight is 226 g/mol. The minimum atomic E-state index is -0.122. The summed E-state index contributed by atoms with van der Waals surface area (Å²) in [5, 5.41) is 3.16. The second kappa shape index (κ2) is 4.93. The summed E-state index contributed by atoms with van der Waals surface area (Å²) < 4.78 is 5.31. The van der Waals surface area contributed by atoms with Crippen LogP contribution in [0.1, 0.15) is 25.7 Å². The third kappa shape index (κ3) is 2.10. The number of imide groups is 1. The van der Waals surface area contributed by atoms with Crippen LogP contribution in [-0.4, -0.2) is 49.1 Å². The summed E-state index contributed by atoms with van der Waals surface area (Å²) in [7, 11) is 1.62. The molecular formula is C11H18N2O3. The molecule has 0 aromatic rings. The number of methoxy groups -OCH3 is 1. The Balaban J connectivity index is 2.15. The van der Waals surface area contributed by atoms with E-state index in [1.54, 1.807) is 7.11 Å². The number of nitrogens with zero attached hydrogens (tertiary/aromatic N) is 1. The molecule has 2 unspecified atom stereocenters. The Morgan fingerprint density at radius 2 is 1.81 bits per heavy atom. The lowest BCUT2D eigenvalue weighted by Crippen LogP contribution is -2.49. The second-order valence-corrected chi connectivity index (χ2v) is 4.36. The number of amides is 2. The van der Waals surface area contributed by atoms with Crippen molar-refractivity contribution in [2.75, 3.05) is 20.2 Å². The van der Waals surface area contributed by atoms with Gasteiger partial charge in [0.05, 0.1) is 12.1 Å². The van der Waals surface area contributed by atoms with E-state index in [1.165, 1.54) is 4.90 Å². The fourth-order valence-electron chi connectivity index (χ4n) is 2.44. The number of carbonyl (C=O) groups excluding carboxylic acids is 2. The van der Waals surface area contributed by atoms with E-state index in [2.05, 4.69) is 5.32 Å². The van der Waals surface area contributed by atoms with E-state index in [0.29, 0.717) is 25.9 Å². The SMILES string of the molecule is COC1CNCC1N1C(=O)CCCCC1=O. The molecule has 5 heteroatoms. The number of carbonyl (C=O) groups is 2. The molecule has 5 nitrogen and oxygen atoms in total. The summed E-state index contributed by atoms with van der Waals surface area (Å²) in [5.41, 5.74) is 0. The van der Waals surface area contributed by atoms with Gasteiger partial charge in [-0.05, 0) is 12.8 Å². The summed E-state index contributed by atoms with van der Waals surface area (Å²) in [6.07, 6.45) is 2.54. The first-order valence-electron chi connectivity index (χ1n) is 5.82. The van der Waals surface area contributed by atoms with E-state index in [0.717, 1.165) is 12.8 Å². The number of rotatable bonds is 2. The third-order valence-electron chi connectivity index (χ3n) is 3.33. The van der Waals surface area contributed by atoms with Crippen molar-refractivity contribution in [2.45, 2.75) is 37.8 Å². The molecule has 16 heavy (non-hydrogen) atoms. The van der Waals surface area contributed by atoms with Gasteiger partial charge in [-0.1, -0.05) is 0 Å². The van der Waals surface area contributed by atoms with Crippen LogP contribution in [0.5, 0.6) is 0 Å². The molecule has 0 spiro atoms. The van der Waals surface area contributed by atoms with Crippen LogP contribution in [0, 0.1) is 0 Å². The van der Waals surface area contributed by atoms with Gasteiger partial charge in [0, 0.05) is 33.0 Å². The van der Waals surface area contributed by atoms with Gasteiger partial charge in [0.25, 0.3) is 0 Å². The lowest BCUT2D eigenvalue weighted by Gasteiger charge is -2.29. The lowest BCUT2D eigenvalue weighted by atomic mass is 10.1. The molecule has 2 atom stereocenters. The fraction of sp³-hybridized carbons (Fsp3) is 0.818. The molecule has 0 aliphatic carbocycles. The molecule has 0 aromatic carbocycles. The Labute approximate surface area is 95.1 Å². The molecular weight excluding hydrogens is 208 g/mol. The van der Waals surface area contributed by atoms with Crippen molar-refractivity contribution in [3.8, 4) is 0 Å². The highest BCUT2D eigenvalue weighted by Crippen LogP contribution is 2.20. The maximum Gasteiger partial charge on any atom is 0.229 e. The van der Waals surface area contributed by atoms with Crippen molar-refractivity contribution in [1.29, 1.82) is 0 Å². The van der Waals surface area contributed by atoms with Gasteiger partial charge in [0.2, 0.25) is 11.8 Å². The largest absolute Gasteiger partial charge is 0.378 e. The van der Waals surface area contributed by atoms with Crippen LogP contribution in [0.25, 0.3) is 0 Å². The summed E-state index contributed by atoms with van der Waals surface area (Å²) >= 11 is 0. The van der Waals surface area contributed by atoms with Gasteiger partial charge in [-0.2, -0.15) is 0 Å². The highest BCUT2D eigenvalue weighted by molar-refractivity contribution is 5.96. The molecule has 90 valence electrons. The van der Waals surface area contributed by atoms with Crippen LogP contribution in [0.15, 0.2) is 0 Å². The van der Waals surface area contributed by atoms with E-state index in [-0.39, 0.29) is 24.0 Å². The van der Waals surface area contributed by atoms with E-state index in [9.17, 15) is 9.59 Å². The summed E-state index contributed by atoms with van der Waals surface area (Å²) in [5.74, 6) is -0.0866. The van der Waals surface area contributed by atoms with Crippen molar-refractivity contribution in [3.05, 3.63) is 0 Å². The second-order valence-electron chi connectivity index (χ2n) is 4.36. The van der Waals surface area contributed by atoms with Crippen molar-refractivity contribution in [2.24, 2.45) is 0 Å². The van der Waals surface area contributed by atoms with Crippen molar-refractivity contribution in [3.63, 3.8) is 0 Å². The van der Waals surface area contributed by atoms with E-state index in [4.69, 9.17) is 4.74 Å². The van der Waals surface area contributed by atoms with Crippen LogP contribution in [-0.2, 0) is 14.3 Å². The predicted octanol–water partition coefficient (Wildman–Crippen LogP) is -0.0976. The quantitative estimate of drug-likeness (QED) is 0.668. The van der Waals surface area contributed by atoms with Gasteiger partial charge in [0.15, 0.2) is 0 Å². The van der Waals surface area contributed by atoms with Gasteiger partial charge in [-0.3, -0.25) is 14.5 Å². The van der Waals surface area contributed by atoms with Crippen LogP contribution in [0.4, 0.5) is 0 Å². The van der Waals surface area contributed by atoms with E-state index < -0.39 is 0 Å². The Hall–Kier alpha value is -0.940. The Morgan fingerprint density at radius 1 is 1.19 bits per heavy atom. The lowest BCUT2D eigenvalue weighted by molar-refractivity contribution is -0.148. The molecule has 0 aromatic heterocycles. The van der Waals surface area contributed by atoms with Gasteiger partial charge in [0.1, 0.15) is 0 Å². The highest BCUT2D eigenvalue weighted by Gasteiger charge is 2.38. The number of likely N-dealkylation sites (tertiary alicyclic amines) is 1. The van der Waals surface area contributed by atoms with Gasteiger partial charge < -0.3 is 10.1 Å². The van der Waals surface area contributed by atoms with Crippen molar-refractivity contribution < 1.29 is 14.3 Å². The summed E-state index contributed by atoms with van der Waals surface area (Å²) in [4.78, 5) is 25.2. The minimum absolute atomic E-state index is 0.0433. The van der Waals surface area contributed by atoms with Gasteiger partial charge in [-0.25, -0.2) is 0 Å². The summed E-state index contributed by atoms with van der Waals surface area (Å²) in [6.45, 7) is 1.36. The maximum atomic E-state index is 11.9. The highest BCUT2D eigenvalue weighted by atomic mass is 16.5. The van der Waals surface area contributed by atoms with Crippen molar-refractivity contribution in [1.82, 2.24) is 10.2 Å². The topological polar surface area (TPSA) is 58.6 Å². The average Bonchev–Trinajstić information content (AvgIpc) is 2.66. The molecule has 0 saturated carbocycles. The molecule has 2 fully saturated rings. The molecule has 2 rings (SSSR count). The smallest absolute Gasteiger partial charge is 0.229 e. The number of hydrogen-bond donors (Lipinski definition) is 1. The van der Waals surface area contributed by atoms with E-state index in [1.807, 2.05) is 0 Å². The molecule has 2 heterocycles. The first-order chi connectivity index (χ1) is 7.74. The Bertz CT molecular complexity index is 275. The fourth-order valence-corrected chi connectivity index (χ4v) is 2.44. The van der Waals surface area contributed by atoms with Crippen molar-refractivity contribution >= 4 is 11.8 Å². The monoisotopic (exact) mass is 226 g/mol. The number of ether oxygens (including phenoxy) is 1. The summed E-state index contributed by atoms with van der Waals surface area (Å²) in [6, 6.07) is -0.122. The molecule has 1 N–H and O–H groups in total. The maximum absolute atomic E-state index is 11.9. The Kier molecular flexibility index (Phi) is 3.56. The third-order valence-corrected chi connectivity index (χ3v) is 3.33. The van der Waals surface area contributed by atoms with Gasteiger partial charge >= 0.3 is 0 Å². The zero-order valence-electron chi connectivity index (χ0n) is 9.57. The van der Waals surface area contributed by atoms with Gasteiger partial charge in [-0.15, -0.1) is 0 Å². The van der Waals surface area contributed by atoms with Crippen LogP contribution in [0.2, 0.25) is 0 Å². The van der Waals surface area contributed by atoms with E-state index >= 15 is 0 Å². The number of hydrogen-bond acceptors (Lipinski definition) is 4. The molecule has 2 aliphatic heterocycles. The molecule has 0 bridgehead atoms. The predicted molar refractivity (Wildman–Crippen MR) is 57.8 cm³/mol. The van der Waals surface area contributed by atoms with Crippen LogP contribution < -0.4 is 5.32 Å². The Morgan fingerprint density at radius 3 is 2.38 bits per heavy atom. The van der Waals surface area contributed by atoms with Crippen LogP contribution in [0.3, 0.4) is 0 Å². The molecule has 2 saturated heterocycles. The first-order valence-corrected chi connectivity index (χ1v) is 5.82. The normalized spacial score (nSPS) is 31.9. The zero-order valence-corrected chi connectivity index (χ0v) is 9.57. The standard InChI is InChI=1S/C11H18N2O3/c1-16-9-7-12-6-8(9)13-10(14)4-2-3-5-11(13)15/h8-9,12H,2-7H2,1H3. The molecule has 0 radical (unpaired) electrons.